The van der Waals surface area contributed by atoms with Crippen molar-refractivity contribution in [3.8, 4) is 11.3 Å². The summed E-state index contributed by atoms with van der Waals surface area (Å²) < 4.78 is 32.6. The van der Waals surface area contributed by atoms with Gasteiger partial charge in [-0.2, -0.15) is 8.42 Å². The fourth-order valence-corrected chi connectivity index (χ4v) is 4.79. The minimum absolute atomic E-state index is 0.175. The first-order valence-corrected chi connectivity index (χ1v) is 11.9. The Morgan fingerprint density at radius 2 is 1.71 bits per heavy atom. The predicted molar refractivity (Wildman–Crippen MR) is 122 cm³/mol. The van der Waals surface area contributed by atoms with E-state index in [1.54, 1.807) is 28.7 Å². The molecule has 2 aromatic carbocycles. The average Bonchev–Trinajstić information content (AvgIpc) is 3.59. The summed E-state index contributed by atoms with van der Waals surface area (Å²) in [5.41, 5.74) is 4.55. The maximum atomic E-state index is 13.2. The van der Waals surface area contributed by atoms with E-state index in [2.05, 4.69) is 4.40 Å². The Hall–Kier alpha value is -2.96. The Balaban J connectivity index is 1.85. The molecule has 4 aromatic rings. The second kappa shape index (κ2) is 7.62. The Kier molecular flexibility index (Phi) is 4.91. The first kappa shape index (κ1) is 20.0. The predicted octanol–water partition coefficient (Wildman–Crippen LogP) is 5.13. The van der Waals surface area contributed by atoms with Gasteiger partial charge in [-0.3, -0.25) is 4.40 Å². The van der Waals surface area contributed by atoms with Gasteiger partial charge in [-0.15, -0.1) is 4.40 Å². The summed E-state index contributed by atoms with van der Waals surface area (Å²) >= 11 is 6.08. The molecule has 156 valence electrons. The van der Waals surface area contributed by atoms with Gasteiger partial charge in [-0.05, 0) is 62.1 Å². The number of fused-ring (bicyclic) bond motifs is 1. The van der Waals surface area contributed by atoms with Crippen molar-refractivity contribution in [3.05, 3.63) is 94.6 Å². The fourth-order valence-electron chi connectivity index (χ4n) is 3.66. The van der Waals surface area contributed by atoms with Crippen LogP contribution in [0.15, 0.2) is 82.2 Å². The van der Waals surface area contributed by atoms with E-state index in [1.165, 1.54) is 0 Å². The smallest absolute Gasteiger partial charge is 0.284 e. The number of benzene rings is 2. The van der Waals surface area contributed by atoms with Gasteiger partial charge in [0.05, 0.1) is 10.6 Å². The molecule has 0 radical (unpaired) electrons. The average molecular weight is 450 g/mol. The molecule has 0 bridgehead atoms. The summed E-state index contributed by atoms with van der Waals surface area (Å²) in [5.74, 6) is 0.224. The molecule has 0 spiro atoms. The zero-order valence-electron chi connectivity index (χ0n) is 16.9. The van der Waals surface area contributed by atoms with Crippen molar-refractivity contribution >= 4 is 27.3 Å². The van der Waals surface area contributed by atoms with Gasteiger partial charge in [0.25, 0.3) is 10.0 Å². The van der Waals surface area contributed by atoms with E-state index in [0.717, 1.165) is 35.2 Å². The second-order valence-corrected chi connectivity index (χ2v) is 9.83. The monoisotopic (exact) mass is 449 g/mol. The van der Waals surface area contributed by atoms with Crippen molar-refractivity contribution < 1.29 is 8.42 Å². The highest BCUT2D eigenvalue weighted by atomic mass is 35.5. The molecule has 2 aromatic heterocycles. The number of halogens is 1. The van der Waals surface area contributed by atoms with Crippen LogP contribution in [-0.2, 0) is 10.0 Å². The maximum Gasteiger partial charge on any atom is 0.284 e. The van der Waals surface area contributed by atoms with E-state index >= 15 is 0 Å². The van der Waals surface area contributed by atoms with Crippen LogP contribution >= 0.6 is 11.6 Å². The lowest BCUT2D eigenvalue weighted by atomic mass is 10.0. The Morgan fingerprint density at radius 3 is 2.39 bits per heavy atom. The number of nitrogens with zero attached hydrogens (tertiary/aromatic N) is 3. The van der Waals surface area contributed by atoms with E-state index in [1.807, 2.05) is 55.6 Å². The van der Waals surface area contributed by atoms with Crippen molar-refractivity contribution in [1.29, 1.82) is 0 Å². The number of sulfonamides is 1. The zero-order valence-corrected chi connectivity index (χ0v) is 18.4. The van der Waals surface area contributed by atoms with Gasteiger partial charge in [-0.1, -0.05) is 47.5 Å². The van der Waals surface area contributed by atoms with E-state index in [-0.39, 0.29) is 10.8 Å². The molecule has 0 unspecified atom stereocenters. The normalized spacial score (nSPS) is 14.8. The van der Waals surface area contributed by atoms with Gasteiger partial charge >= 0.3 is 0 Å². The largest absolute Gasteiger partial charge is 0.285 e. The van der Waals surface area contributed by atoms with Crippen molar-refractivity contribution in [2.75, 3.05) is 0 Å². The third-order valence-corrected chi connectivity index (χ3v) is 6.95. The molecule has 1 fully saturated rings. The van der Waals surface area contributed by atoms with Crippen molar-refractivity contribution in [1.82, 2.24) is 9.38 Å². The second-order valence-electron chi connectivity index (χ2n) is 7.79. The molecule has 5 nitrogen and oxygen atoms in total. The standard InChI is InChI=1S/C24H20ClN3O2S/c1-16-5-13-20(14-6-16)31(29,30)27-24-22(17-7-8-17)23(18-9-11-19(25)12-10-18)26-21-4-2-3-15-28(21)24/h2-6,9-15,17H,7-8H2,1H3/b27-24-. The number of hydrogen-bond acceptors (Lipinski definition) is 3. The Morgan fingerprint density at radius 1 is 1.00 bits per heavy atom. The third-order valence-electron chi connectivity index (χ3n) is 5.42. The molecule has 31 heavy (non-hydrogen) atoms. The van der Waals surface area contributed by atoms with Crippen LogP contribution in [0.25, 0.3) is 16.9 Å². The molecule has 2 heterocycles. The summed E-state index contributed by atoms with van der Waals surface area (Å²) in [6.07, 6.45) is 3.77. The van der Waals surface area contributed by atoms with Gasteiger partial charge in [0.1, 0.15) is 5.65 Å². The fraction of sp³-hybridized carbons (Fsp3) is 0.167. The SMILES string of the molecule is Cc1ccc(S(=O)(=O)/N=c2/c(C3CC3)c(-c3ccc(Cl)cc3)nc3ccccn23)cc1. The summed E-state index contributed by atoms with van der Waals surface area (Å²) in [5, 5.41) is 0.638. The first-order chi connectivity index (χ1) is 14.9. The summed E-state index contributed by atoms with van der Waals surface area (Å²) in [6, 6.07) is 19.8. The molecule has 1 aliphatic carbocycles. The molecule has 5 rings (SSSR count). The topological polar surface area (TPSA) is 63.8 Å². The van der Waals surface area contributed by atoms with Gasteiger partial charge < -0.3 is 0 Å². The van der Waals surface area contributed by atoms with Gasteiger partial charge in [0.2, 0.25) is 0 Å². The zero-order chi connectivity index (χ0) is 21.6. The lowest BCUT2D eigenvalue weighted by Crippen LogP contribution is -2.24. The summed E-state index contributed by atoms with van der Waals surface area (Å²) in [6.45, 7) is 1.92. The summed E-state index contributed by atoms with van der Waals surface area (Å²) in [7, 11) is -3.90. The number of rotatable bonds is 4. The lowest BCUT2D eigenvalue weighted by Gasteiger charge is -2.13. The van der Waals surface area contributed by atoms with Gasteiger partial charge in [0.15, 0.2) is 5.49 Å². The molecular weight excluding hydrogens is 430 g/mol. The van der Waals surface area contributed by atoms with Crippen LogP contribution < -0.4 is 5.49 Å². The van der Waals surface area contributed by atoms with Crippen LogP contribution in [0.5, 0.6) is 0 Å². The number of aryl methyl sites for hydroxylation is 1. The molecule has 0 atom stereocenters. The van der Waals surface area contributed by atoms with Crippen molar-refractivity contribution in [2.24, 2.45) is 4.40 Å². The van der Waals surface area contributed by atoms with Crippen LogP contribution in [0.3, 0.4) is 0 Å². The van der Waals surface area contributed by atoms with Crippen LogP contribution in [0, 0.1) is 6.92 Å². The van der Waals surface area contributed by atoms with E-state index in [0.29, 0.717) is 16.2 Å². The van der Waals surface area contributed by atoms with Gasteiger partial charge in [-0.25, -0.2) is 4.98 Å². The van der Waals surface area contributed by atoms with Crippen LogP contribution in [0.1, 0.15) is 29.9 Å². The molecule has 0 N–H and O–H groups in total. The van der Waals surface area contributed by atoms with E-state index in [9.17, 15) is 8.42 Å². The number of aromatic nitrogens is 2. The maximum absolute atomic E-state index is 13.2. The molecule has 7 heteroatoms. The third kappa shape index (κ3) is 3.89. The molecule has 1 aliphatic rings. The van der Waals surface area contributed by atoms with Crippen LogP contribution in [-0.4, -0.2) is 17.8 Å². The van der Waals surface area contributed by atoms with Crippen LogP contribution in [0.4, 0.5) is 0 Å². The number of pyridine rings is 1. The van der Waals surface area contributed by atoms with Crippen molar-refractivity contribution in [2.45, 2.75) is 30.6 Å². The minimum Gasteiger partial charge on any atom is -0.285 e. The highest BCUT2D eigenvalue weighted by Crippen LogP contribution is 2.42. The lowest BCUT2D eigenvalue weighted by molar-refractivity contribution is 0.596. The Labute approximate surface area is 185 Å². The van der Waals surface area contributed by atoms with Gasteiger partial charge in [0, 0.05) is 22.3 Å². The highest BCUT2D eigenvalue weighted by Gasteiger charge is 2.31. The first-order valence-electron chi connectivity index (χ1n) is 10.1. The van der Waals surface area contributed by atoms with Crippen molar-refractivity contribution in [3.63, 3.8) is 0 Å². The molecule has 0 aliphatic heterocycles. The molecule has 1 saturated carbocycles. The molecular formula is C24H20ClN3O2S. The van der Waals surface area contributed by atoms with E-state index in [4.69, 9.17) is 16.6 Å². The quantitative estimate of drug-likeness (QED) is 0.434. The van der Waals surface area contributed by atoms with E-state index < -0.39 is 10.0 Å². The molecule has 0 amide bonds. The number of hydrogen-bond donors (Lipinski definition) is 0. The molecule has 0 saturated heterocycles. The minimum atomic E-state index is -3.90. The Bertz CT molecular complexity index is 1450. The summed E-state index contributed by atoms with van der Waals surface area (Å²) in [4.78, 5) is 5.05. The highest BCUT2D eigenvalue weighted by molar-refractivity contribution is 7.90. The van der Waals surface area contributed by atoms with Crippen LogP contribution in [0.2, 0.25) is 5.02 Å².